The number of rotatable bonds is 5. The zero-order valence-electron chi connectivity index (χ0n) is 10.9. The van der Waals surface area contributed by atoms with Crippen LogP contribution in [-0.2, 0) is 0 Å². The third-order valence-corrected chi connectivity index (χ3v) is 3.41. The predicted molar refractivity (Wildman–Crippen MR) is 72.2 cm³/mol. The summed E-state index contributed by atoms with van der Waals surface area (Å²) in [4.78, 5) is 11.1. The molecule has 1 heterocycles. The van der Waals surface area contributed by atoms with Crippen LogP contribution < -0.4 is 10.1 Å². The molecule has 3 heteroatoms. The van der Waals surface area contributed by atoms with E-state index >= 15 is 0 Å². The van der Waals surface area contributed by atoms with Gasteiger partial charge in [-0.15, -0.1) is 0 Å². The van der Waals surface area contributed by atoms with Gasteiger partial charge in [0.05, 0.1) is 6.61 Å². The Labute approximate surface area is 109 Å². The largest absolute Gasteiger partial charge is 0.494 e. The third kappa shape index (κ3) is 3.84. The first-order chi connectivity index (χ1) is 8.75. The molecule has 1 aromatic rings. The fourth-order valence-electron chi connectivity index (χ4n) is 2.28. The van der Waals surface area contributed by atoms with Crippen molar-refractivity contribution in [3.8, 4) is 5.75 Å². The second-order valence-electron chi connectivity index (χ2n) is 4.86. The molecule has 0 bridgehead atoms. The Morgan fingerprint density at radius 1 is 1.33 bits per heavy atom. The number of carbonyl (C=O) groups excluding carboxylic acids is 1. The molecular formula is C15H21NO2. The summed E-state index contributed by atoms with van der Waals surface area (Å²) < 4.78 is 5.69. The van der Waals surface area contributed by atoms with E-state index in [1.165, 1.54) is 19.3 Å². The first-order valence-corrected chi connectivity index (χ1v) is 6.73. The molecule has 18 heavy (non-hydrogen) atoms. The minimum atomic E-state index is 0.0907. The first kappa shape index (κ1) is 13.1. The number of hydrogen-bond donors (Lipinski definition) is 1. The zero-order valence-corrected chi connectivity index (χ0v) is 10.9. The standard InChI is InChI=1S/C15H21NO2/c1-12(17)13-5-7-15(8-6-13)18-11-9-14-4-2-3-10-16-14/h5-8,14,16H,2-4,9-11H2,1H3/t14-/m0/s1. The van der Waals surface area contributed by atoms with Crippen molar-refractivity contribution in [2.24, 2.45) is 0 Å². The lowest BCUT2D eigenvalue weighted by atomic mass is 10.0. The molecule has 0 aliphatic carbocycles. The second kappa shape index (κ2) is 6.55. The van der Waals surface area contributed by atoms with Gasteiger partial charge in [0.2, 0.25) is 0 Å². The molecule has 2 rings (SSSR count). The van der Waals surface area contributed by atoms with Gasteiger partial charge >= 0.3 is 0 Å². The van der Waals surface area contributed by atoms with Gasteiger partial charge < -0.3 is 10.1 Å². The van der Waals surface area contributed by atoms with Crippen LogP contribution in [0.3, 0.4) is 0 Å². The van der Waals surface area contributed by atoms with Crippen LogP contribution in [0.5, 0.6) is 5.75 Å². The van der Waals surface area contributed by atoms with Crippen LogP contribution in [-0.4, -0.2) is 25.0 Å². The summed E-state index contributed by atoms with van der Waals surface area (Å²) in [6.07, 6.45) is 4.93. The number of piperidine rings is 1. The summed E-state index contributed by atoms with van der Waals surface area (Å²) in [6.45, 7) is 3.44. The van der Waals surface area contributed by atoms with E-state index < -0.39 is 0 Å². The van der Waals surface area contributed by atoms with Crippen molar-refractivity contribution in [1.29, 1.82) is 0 Å². The molecule has 1 aliphatic heterocycles. The Balaban J connectivity index is 1.74. The van der Waals surface area contributed by atoms with Crippen LogP contribution in [0.25, 0.3) is 0 Å². The van der Waals surface area contributed by atoms with Crippen molar-refractivity contribution < 1.29 is 9.53 Å². The van der Waals surface area contributed by atoms with Crippen molar-refractivity contribution >= 4 is 5.78 Å². The van der Waals surface area contributed by atoms with E-state index in [1.54, 1.807) is 6.92 Å². The van der Waals surface area contributed by atoms with Crippen molar-refractivity contribution in [3.63, 3.8) is 0 Å². The van der Waals surface area contributed by atoms with Gasteiger partial charge in [-0.25, -0.2) is 0 Å². The molecule has 0 radical (unpaired) electrons. The normalized spacial score (nSPS) is 19.5. The third-order valence-electron chi connectivity index (χ3n) is 3.41. The molecule has 1 saturated heterocycles. The Bertz CT molecular complexity index is 380. The van der Waals surface area contributed by atoms with Gasteiger partial charge in [0.25, 0.3) is 0 Å². The lowest BCUT2D eigenvalue weighted by molar-refractivity contribution is 0.101. The average Bonchev–Trinajstić information content (AvgIpc) is 2.40. The lowest BCUT2D eigenvalue weighted by Crippen LogP contribution is -2.35. The van der Waals surface area contributed by atoms with Gasteiger partial charge in [-0.3, -0.25) is 4.79 Å². The monoisotopic (exact) mass is 247 g/mol. The lowest BCUT2D eigenvalue weighted by Gasteiger charge is -2.23. The van der Waals surface area contributed by atoms with E-state index in [2.05, 4.69) is 5.32 Å². The molecule has 0 spiro atoms. The van der Waals surface area contributed by atoms with Gasteiger partial charge in [0.1, 0.15) is 5.75 Å². The predicted octanol–water partition coefficient (Wildman–Crippen LogP) is 2.80. The molecule has 0 saturated carbocycles. The average molecular weight is 247 g/mol. The molecule has 1 fully saturated rings. The summed E-state index contributed by atoms with van der Waals surface area (Å²) in [5.74, 6) is 0.934. The van der Waals surface area contributed by atoms with Crippen molar-refractivity contribution in [2.75, 3.05) is 13.2 Å². The van der Waals surface area contributed by atoms with Gasteiger partial charge in [-0.2, -0.15) is 0 Å². The Kier molecular flexibility index (Phi) is 4.76. The maximum absolute atomic E-state index is 11.1. The first-order valence-electron chi connectivity index (χ1n) is 6.73. The number of nitrogens with one attached hydrogen (secondary N) is 1. The second-order valence-corrected chi connectivity index (χ2v) is 4.86. The van der Waals surface area contributed by atoms with Crippen molar-refractivity contribution in [3.05, 3.63) is 29.8 Å². The molecule has 0 unspecified atom stereocenters. The summed E-state index contributed by atoms with van der Waals surface area (Å²) >= 11 is 0. The summed E-state index contributed by atoms with van der Waals surface area (Å²) in [5, 5.41) is 3.50. The van der Waals surface area contributed by atoms with E-state index in [1.807, 2.05) is 24.3 Å². The SMILES string of the molecule is CC(=O)c1ccc(OCC[C@@H]2CCCCN2)cc1. The smallest absolute Gasteiger partial charge is 0.159 e. The molecule has 1 atom stereocenters. The summed E-state index contributed by atoms with van der Waals surface area (Å²) in [6, 6.07) is 7.97. The van der Waals surface area contributed by atoms with E-state index in [0.29, 0.717) is 6.04 Å². The Morgan fingerprint density at radius 2 is 2.11 bits per heavy atom. The highest BCUT2D eigenvalue weighted by Crippen LogP contribution is 2.14. The zero-order chi connectivity index (χ0) is 12.8. The van der Waals surface area contributed by atoms with Crippen LogP contribution in [0.1, 0.15) is 43.0 Å². The highest BCUT2D eigenvalue weighted by atomic mass is 16.5. The van der Waals surface area contributed by atoms with Crippen molar-refractivity contribution in [2.45, 2.75) is 38.6 Å². The number of ketones is 1. The summed E-state index contributed by atoms with van der Waals surface area (Å²) in [7, 11) is 0. The molecule has 3 nitrogen and oxygen atoms in total. The highest BCUT2D eigenvalue weighted by Gasteiger charge is 2.11. The van der Waals surface area contributed by atoms with Gasteiger partial charge in [0.15, 0.2) is 5.78 Å². The molecule has 1 N–H and O–H groups in total. The maximum atomic E-state index is 11.1. The van der Waals surface area contributed by atoms with Gasteiger partial charge in [-0.1, -0.05) is 6.42 Å². The topological polar surface area (TPSA) is 38.3 Å². The van der Waals surface area contributed by atoms with Crippen LogP contribution in [0.4, 0.5) is 0 Å². The fraction of sp³-hybridized carbons (Fsp3) is 0.533. The number of Topliss-reactive ketones (excluding diaryl/α,β-unsaturated/α-hetero) is 1. The van der Waals surface area contributed by atoms with E-state index in [9.17, 15) is 4.79 Å². The van der Waals surface area contributed by atoms with Crippen LogP contribution in [0.15, 0.2) is 24.3 Å². The molecular weight excluding hydrogens is 226 g/mol. The molecule has 1 aliphatic rings. The number of carbonyl (C=O) groups is 1. The molecule has 0 amide bonds. The highest BCUT2D eigenvalue weighted by molar-refractivity contribution is 5.94. The minimum absolute atomic E-state index is 0.0907. The van der Waals surface area contributed by atoms with Gasteiger partial charge in [0, 0.05) is 11.6 Å². The van der Waals surface area contributed by atoms with Crippen LogP contribution >= 0.6 is 0 Å². The number of benzene rings is 1. The van der Waals surface area contributed by atoms with Crippen LogP contribution in [0.2, 0.25) is 0 Å². The Hall–Kier alpha value is -1.35. The molecule has 1 aromatic carbocycles. The Morgan fingerprint density at radius 3 is 2.72 bits per heavy atom. The van der Waals surface area contributed by atoms with Crippen LogP contribution in [0, 0.1) is 0 Å². The van der Waals surface area contributed by atoms with Gasteiger partial charge in [-0.05, 0) is 57.0 Å². The number of hydrogen-bond acceptors (Lipinski definition) is 3. The van der Waals surface area contributed by atoms with E-state index in [-0.39, 0.29) is 5.78 Å². The van der Waals surface area contributed by atoms with E-state index in [0.717, 1.165) is 30.9 Å². The van der Waals surface area contributed by atoms with Crippen molar-refractivity contribution in [1.82, 2.24) is 5.32 Å². The number of ether oxygens (including phenoxy) is 1. The molecule has 98 valence electrons. The molecule has 0 aromatic heterocycles. The quantitative estimate of drug-likeness (QED) is 0.813. The maximum Gasteiger partial charge on any atom is 0.159 e. The fourth-order valence-corrected chi connectivity index (χ4v) is 2.28. The minimum Gasteiger partial charge on any atom is -0.494 e. The summed E-state index contributed by atoms with van der Waals surface area (Å²) in [5.41, 5.74) is 0.733. The van der Waals surface area contributed by atoms with E-state index in [4.69, 9.17) is 4.74 Å².